The Bertz CT molecular complexity index is 919. The van der Waals surface area contributed by atoms with E-state index in [9.17, 15) is 4.39 Å². The summed E-state index contributed by atoms with van der Waals surface area (Å²) in [5.74, 6) is 0.151. The molecule has 1 aromatic carbocycles. The lowest BCUT2D eigenvalue weighted by molar-refractivity contribution is 0.210. The maximum absolute atomic E-state index is 13.2. The van der Waals surface area contributed by atoms with Gasteiger partial charge in [-0.15, -0.1) is 0 Å². The number of piperidine rings is 1. The molecule has 0 bridgehead atoms. The Kier molecular flexibility index (Phi) is 4.13. The van der Waals surface area contributed by atoms with Gasteiger partial charge in [-0.3, -0.25) is 4.68 Å². The van der Waals surface area contributed by atoms with Gasteiger partial charge in [0.25, 0.3) is 0 Å². The molecular formula is C19H21FN4O. The van der Waals surface area contributed by atoms with Crippen molar-refractivity contribution in [3.05, 3.63) is 47.4 Å². The summed E-state index contributed by atoms with van der Waals surface area (Å²) in [6, 6.07) is 4.81. The van der Waals surface area contributed by atoms with Crippen molar-refractivity contribution in [3.63, 3.8) is 0 Å². The van der Waals surface area contributed by atoms with Gasteiger partial charge in [0.1, 0.15) is 11.3 Å². The van der Waals surface area contributed by atoms with Gasteiger partial charge in [-0.2, -0.15) is 5.10 Å². The Morgan fingerprint density at radius 2 is 2.04 bits per heavy atom. The number of likely N-dealkylation sites (tertiary alicyclic amines) is 1. The number of nitrogens with zero attached hydrogens (tertiary/aromatic N) is 4. The quantitative estimate of drug-likeness (QED) is 0.725. The number of halogens is 1. The molecule has 2 aromatic heterocycles. The fourth-order valence-corrected chi connectivity index (χ4v) is 3.36. The molecule has 3 heterocycles. The van der Waals surface area contributed by atoms with Gasteiger partial charge in [0.15, 0.2) is 5.58 Å². The molecule has 25 heavy (non-hydrogen) atoms. The van der Waals surface area contributed by atoms with Crippen molar-refractivity contribution < 1.29 is 8.81 Å². The molecule has 1 saturated heterocycles. The highest BCUT2D eigenvalue weighted by Crippen LogP contribution is 2.25. The van der Waals surface area contributed by atoms with Crippen LogP contribution in [0.2, 0.25) is 0 Å². The molecular weight excluding hydrogens is 319 g/mol. The summed E-state index contributed by atoms with van der Waals surface area (Å²) in [5.41, 5.74) is 3.30. The van der Waals surface area contributed by atoms with Crippen molar-refractivity contribution in [2.24, 2.45) is 0 Å². The number of hydrogen-bond donors (Lipinski definition) is 0. The van der Waals surface area contributed by atoms with Gasteiger partial charge in [-0.25, -0.2) is 9.37 Å². The van der Waals surface area contributed by atoms with Crippen molar-refractivity contribution >= 4 is 23.3 Å². The fraction of sp³-hybridized carbons (Fsp3) is 0.368. The lowest BCUT2D eigenvalue weighted by atomic mass is 10.1. The van der Waals surface area contributed by atoms with Crippen molar-refractivity contribution in [2.75, 3.05) is 20.1 Å². The zero-order valence-corrected chi connectivity index (χ0v) is 14.4. The standard InChI is InChI=1S/C19H21FN4O/c1-13-14(12-21-24(13)16-7-9-23(2)10-8-16)3-6-19-22-17-11-15(20)4-5-18(17)25-19/h3-6,11-12,16H,7-10H2,1-2H3. The second-order valence-corrected chi connectivity index (χ2v) is 6.66. The van der Waals surface area contributed by atoms with Crippen molar-refractivity contribution in [1.29, 1.82) is 0 Å². The van der Waals surface area contributed by atoms with Crippen LogP contribution in [0, 0.1) is 12.7 Å². The Labute approximate surface area is 145 Å². The summed E-state index contributed by atoms with van der Waals surface area (Å²) < 4.78 is 21.0. The van der Waals surface area contributed by atoms with Crippen LogP contribution in [0.3, 0.4) is 0 Å². The molecule has 1 aliphatic rings. The van der Waals surface area contributed by atoms with E-state index < -0.39 is 0 Å². The maximum Gasteiger partial charge on any atom is 0.220 e. The van der Waals surface area contributed by atoms with Gasteiger partial charge in [-0.05, 0) is 58.1 Å². The summed E-state index contributed by atoms with van der Waals surface area (Å²) in [6.07, 6.45) is 7.89. The van der Waals surface area contributed by atoms with E-state index in [0.29, 0.717) is 23.0 Å². The zero-order chi connectivity index (χ0) is 17.4. The van der Waals surface area contributed by atoms with Crippen LogP contribution in [-0.2, 0) is 0 Å². The van der Waals surface area contributed by atoms with Gasteiger partial charge >= 0.3 is 0 Å². The summed E-state index contributed by atoms with van der Waals surface area (Å²) in [6.45, 7) is 4.30. The molecule has 0 N–H and O–H groups in total. The average molecular weight is 340 g/mol. The molecule has 0 radical (unpaired) electrons. The minimum absolute atomic E-state index is 0.313. The van der Waals surface area contributed by atoms with Gasteiger partial charge in [0.05, 0.1) is 12.2 Å². The number of rotatable bonds is 3. The molecule has 6 heteroatoms. The number of fused-ring (bicyclic) bond motifs is 1. The minimum Gasteiger partial charge on any atom is -0.437 e. The molecule has 4 rings (SSSR count). The highest BCUT2D eigenvalue weighted by Gasteiger charge is 2.20. The number of benzene rings is 1. The Hall–Kier alpha value is -2.47. The van der Waals surface area contributed by atoms with Crippen LogP contribution in [0.25, 0.3) is 23.3 Å². The first-order valence-corrected chi connectivity index (χ1v) is 8.57. The van der Waals surface area contributed by atoms with Gasteiger partial charge in [0.2, 0.25) is 5.89 Å². The highest BCUT2D eigenvalue weighted by molar-refractivity contribution is 5.76. The predicted octanol–water partition coefficient (Wildman–Crippen LogP) is 3.91. The first-order chi connectivity index (χ1) is 12.1. The largest absolute Gasteiger partial charge is 0.437 e. The lowest BCUT2D eigenvalue weighted by Gasteiger charge is -2.29. The van der Waals surface area contributed by atoms with Crippen LogP contribution in [0.4, 0.5) is 4.39 Å². The minimum atomic E-state index is -0.313. The Morgan fingerprint density at radius 1 is 1.24 bits per heavy atom. The summed E-state index contributed by atoms with van der Waals surface area (Å²) >= 11 is 0. The van der Waals surface area contributed by atoms with E-state index in [1.165, 1.54) is 12.1 Å². The SMILES string of the molecule is Cc1c(C=Cc2nc3cc(F)ccc3o2)cnn1C1CCN(C)CC1. The van der Waals surface area contributed by atoms with Crippen molar-refractivity contribution in [2.45, 2.75) is 25.8 Å². The molecule has 3 aromatic rings. The van der Waals surface area contributed by atoms with E-state index in [-0.39, 0.29) is 5.82 Å². The molecule has 0 aliphatic carbocycles. The van der Waals surface area contributed by atoms with Crippen molar-refractivity contribution in [3.8, 4) is 0 Å². The summed E-state index contributed by atoms with van der Waals surface area (Å²) in [5, 5.41) is 4.58. The first-order valence-electron chi connectivity index (χ1n) is 8.57. The number of oxazole rings is 1. The molecule has 0 amide bonds. The summed E-state index contributed by atoms with van der Waals surface area (Å²) in [4.78, 5) is 6.65. The zero-order valence-electron chi connectivity index (χ0n) is 14.4. The third-order valence-electron chi connectivity index (χ3n) is 4.89. The maximum atomic E-state index is 13.2. The van der Waals surface area contributed by atoms with E-state index in [0.717, 1.165) is 37.2 Å². The van der Waals surface area contributed by atoms with Crippen LogP contribution in [0.5, 0.6) is 0 Å². The molecule has 5 nitrogen and oxygen atoms in total. The lowest BCUT2D eigenvalue weighted by Crippen LogP contribution is -2.32. The molecule has 130 valence electrons. The molecule has 0 atom stereocenters. The Balaban J connectivity index is 1.54. The van der Waals surface area contributed by atoms with Gasteiger partial charge in [0, 0.05) is 23.4 Å². The van der Waals surface area contributed by atoms with Gasteiger partial charge < -0.3 is 9.32 Å². The second kappa shape index (κ2) is 6.44. The van der Waals surface area contributed by atoms with Crippen LogP contribution < -0.4 is 0 Å². The molecule has 1 fully saturated rings. The third kappa shape index (κ3) is 3.22. The Morgan fingerprint density at radius 3 is 2.84 bits per heavy atom. The predicted molar refractivity (Wildman–Crippen MR) is 95.6 cm³/mol. The fourth-order valence-electron chi connectivity index (χ4n) is 3.36. The van der Waals surface area contributed by atoms with E-state index in [1.54, 1.807) is 12.1 Å². The number of aromatic nitrogens is 3. The third-order valence-corrected chi connectivity index (χ3v) is 4.89. The van der Waals surface area contributed by atoms with E-state index in [2.05, 4.69) is 33.6 Å². The topological polar surface area (TPSA) is 47.1 Å². The summed E-state index contributed by atoms with van der Waals surface area (Å²) in [7, 11) is 2.16. The molecule has 0 unspecified atom stereocenters. The van der Waals surface area contributed by atoms with Crippen molar-refractivity contribution in [1.82, 2.24) is 19.7 Å². The molecule has 0 spiro atoms. The van der Waals surface area contributed by atoms with E-state index in [4.69, 9.17) is 4.42 Å². The van der Waals surface area contributed by atoms with Crippen LogP contribution in [0.15, 0.2) is 28.8 Å². The smallest absolute Gasteiger partial charge is 0.220 e. The van der Waals surface area contributed by atoms with E-state index >= 15 is 0 Å². The monoisotopic (exact) mass is 340 g/mol. The highest BCUT2D eigenvalue weighted by atomic mass is 19.1. The molecule has 0 saturated carbocycles. The first kappa shape index (κ1) is 16.0. The van der Waals surface area contributed by atoms with Crippen LogP contribution in [0.1, 0.15) is 36.0 Å². The van der Waals surface area contributed by atoms with Crippen LogP contribution >= 0.6 is 0 Å². The number of hydrogen-bond acceptors (Lipinski definition) is 4. The van der Waals surface area contributed by atoms with E-state index in [1.807, 2.05) is 12.3 Å². The average Bonchev–Trinajstić information content (AvgIpc) is 3.16. The molecule has 1 aliphatic heterocycles. The second-order valence-electron chi connectivity index (χ2n) is 6.66. The van der Waals surface area contributed by atoms with Gasteiger partial charge in [-0.1, -0.05) is 0 Å². The van der Waals surface area contributed by atoms with Crippen LogP contribution in [-0.4, -0.2) is 39.8 Å². The normalized spacial score (nSPS) is 17.1.